The SMILES string of the molecule is COc1cc([Se]CCF)c(OC)cc1CCN. The first-order valence-corrected chi connectivity index (χ1v) is 7.47. The van der Waals surface area contributed by atoms with E-state index < -0.39 is 0 Å². The summed E-state index contributed by atoms with van der Waals surface area (Å²) in [4.78, 5) is 0. The number of ether oxygens (including phenoxy) is 2. The van der Waals surface area contributed by atoms with Gasteiger partial charge in [0.1, 0.15) is 0 Å². The molecule has 0 spiro atoms. The molecule has 1 aromatic rings. The number of hydrogen-bond donors (Lipinski definition) is 1. The van der Waals surface area contributed by atoms with Gasteiger partial charge in [-0.2, -0.15) is 0 Å². The first kappa shape index (κ1) is 14.3. The summed E-state index contributed by atoms with van der Waals surface area (Å²) in [5.41, 5.74) is 6.59. The van der Waals surface area contributed by atoms with Crippen molar-refractivity contribution in [1.82, 2.24) is 0 Å². The van der Waals surface area contributed by atoms with E-state index >= 15 is 0 Å². The van der Waals surface area contributed by atoms with Crippen molar-refractivity contribution in [3.05, 3.63) is 17.7 Å². The van der Waals surface area contributed by atoms with Gasteiger partial charge in [0.25, 0.3) is 0 Å². The Bertz CT molecular complexity index is 361. The zero-order chi connectivity index (χ0) is 12.7. The molecule has 1 rings (SSSR count). The van der Waals surface area contributed by atoms with Gasteiger partial charge in [0.05, 0.1) is 0 Å². The molecule has 1 aromatic carbocycles. The number of benzene rings is 1. The molecule has 0 aromatic heterocycles. The molecule has 0 bridgehead atoms. The van der Waals surface area contributed by atoms with E-state index in [1.54, 1.807) is 14.2 Å². The van der Waals surface area contributed by atoms with Gasteiger partial charge >= 0.3 is 107 Å². The van der Waals surface area contributed by atoms with Crippen LogP contribution in [0.2, 0.25) is 5.32 Å². The van der Waals surface area contributed by atoms with Crippen LogP contribution in [-0.4, -0.2) is 42.4 Å². The van der Waals surface area contributed by atoms with Crippen LogP contribution < -0.4 is 19.7 Å². The predicted molar refractivity (Wildman–Crippen MR) is 68.5 cm³/mol. The van der Waals surface area contributed by atoms with E-state index in [1.165, 1.54) is 0 Å². The number of methoxy groups -OCH3 is 2. The third-order valence-electron chi connectivity index (χ3n) is 2.32. The number of rotatable bonds is 7. The topological polar surface area (TPSA) is 44.5 Å². The van der Waals surface area contributed by atoms with Crippen LogP contribution in [0.1, 0.15) is 5.56 Å². The van der Waals surface area contributed by atoms with Gasteiger partial charge < -0.3 is 0 Å². The van der Waals surface area contributed by atoms with Crippen LogP contribution in [0.4, 0.5) is 4.39 Å². The van der Waals surface area contributed by atoms with E-state index in [0.29, 0.717) is 11.9 Å². The molecule has 0 radical (unpaired) electrons. The summed E-state index contributed by atoms with van der Waals surface area (Å²) in [5.74, 6) is 1.62. The summed E-state index contributed by atoms with van der Waals surface area (Å²) < 4.78 is 23.9. The zero-order valence-electron chi connectivity index (χ0n) is 10.2. The second-order valence-corrected chi connectivity index (χ2v) is 5.78. The minimum atomic E-state index is -0.296. The third kappa shape index (κ3) is 3.87. The van der Waals surface area contributed by atoms with Gasteiger partial charge in [-0.15, -0.1) is 0 Å². The van der Waals surface area contributed by atoms with E-state index in [0.717, 1.165) is 27.9 Å². The Kier molecular flexibility index (Phi) is 6.33. The monoisotopic (exact) mass is 307 g/mol. The van der Waals surface area contributed by atoms with E-state index in [4.69, 9.17) is 15.2 Å². The second-order valence-electron chi connectivity index (χ2n) is 3.39. The number of halogens is 1. The Morgan fingerprint density at radius 1 is 1.24 bits per heavy atom. The van der Waals surface area contributed by atoms with Crippen LogP contribution in [0.15, 0.2) is 12.1 Å². The standard InChI is InChI=1S/C12H18FNO2Se/c1-15-10-8-12(17-6-4-13)11(16-2)7-9(10)3-5-14/h7-8H,3-6,14H2,1-2H3. The summed E-state index contributed by atoms with van der Waals surface area (Å²) in [6.07, 6.45) is 0.746. The molecule has 0 fully saturated rings. The third-order valence-corrected chi connectivity index (χ3v) is 4.39. The Morgan fingerprint density at radius 2 is 1.94 bits per heavy atom. The maximum absolute atomic E-state index is 12.2. The molecule has 0 heterocycles. The molecule has 0 unspecified atom stereocenters. The van der Waals surface area contributed by atoms with Crippen molar-refractivity contribution in [3.8, 4) is 11.5 Å². The molecule has 0 aliphatic heterocycles. The molecule has 5 heteroatoms. The Morgan fingerprint density at radius 3 is 2.47 bits per heavy atom. The van der Waals surface area contributed by atoms with Crippen molar-refractivity contribution in [2.45, 2.75) is 11.7 Å². The summed E-state index contributed by atoms with van der Waals surface area (Å²) in [6.45, 7) is 0.268. The fourth-order valence-corrected chi connectivity index (χ4v) is 3.16. The maximum atomic E-state index is 12.2. The molecular formula is C12H18FNO2Se. The van der Waals surface area contributed by atoms with E-state index in [-0.39, 0.29) is 21.6 Å². The van der Waals surface area contributed by atoms with Gasteiger partial charge in [0.2, 0.25) is 0 Å². The van der Waals surface area contributed by atoms with Crippen LogP contribution in [0, 0.1) is 0 Å². The average molecular weight is 306 g/mol. The normalized spacial score (nSPS) is 10.4. The van der Waals surface area contributed by atoms with Crippen LogP contribution >= 0.6 is 0 Å². The number of alkyl halides is 1. The van der Waals surface area contributed by atoms with Crippen molar-refractivity contribution in [2.24, 2.45) is 5.73 Å². The molecule has 0 saturated heterocycles. The van der Waals surface area contributed by atoms with Crippen molar-refractivity contribution >= 4 is 19.4 Å². The number of hydrogen-bond acceptors (Lipinski definition) is 3. The van der Waals surface area contributed by atoms with E-state index in [9.17, 15) is 4.39 Å². The second kappa shape index (κ2) is 7.54. The first-order valence-electron chi connectivity index (χ1n) is 5.40. The van der Waals surface area contributed by atoms with Gasteiger partial charge in [-0.05, 0) is 0 Å². The van der Waals surface area contributed by atoms with Crippen molar-refractivity contribution < 1.29 is 13.9 Å². The summed E-state index contributed by atoms with van der Waals surface area (Å²) in [6, 6.07) is 3.89. The molecule has 2 N–H and O–H groups in total. The molecule has 3 nitrogen and oxygen atoms in total. The molecule has 17 heavy (non-hydrogen) atoms. The Balaban J connectivity index is 3.04. The molecule has 0 aliphatic rings. The van der Waals surface area contributed by atoms with Crippen LogP contribution in [0.3, 0.4) is 0 Å². The Labute approximate surface area is 108 Å². The molecule has 96 valence electrons. The van der Waals surface area contributed by atoms with Crippen LogP contribution in [0.5, 0.6) is 11.5 Å². The molecular weight excluding hydrogens is 288 g/mol. The molecule has 0 aliphatic carbocycles. The van der Waals surface area contributed by atoms with Gasteiger partial charge in [-0.25, -0.2) is 0 Å². The summed E-state index contributed by atoms with van der Waals surface area (Å²) in [7, 11) is 3.26. The van der Waals surface area contributed by atoms with Crippen molar-refractivity contribution in [1.29, 1.82) is 0 Å². The Hall–Kier alpha value is -0.771. The zero-order valence-corrected chi connectivity index (χ0v) is 11.9. The molecule has 0 amide bonds. The minimum absolute atomic E-state index is 0.0780. The average Bonchev–Trinajstić information content (AvgIpc) is 2.36. The quantitative estimate of drug-likeness (QED) is 0.762. The van der Waals surface area contributed by atoms with Crippen LogP contribution in [-0.2, 0) is 6.42 Å². The van der Waals surface area contributed by atoms with Crippen LogP contribution in [0.25, 0.3) is 0 Å². The van der Waals surface area contributed by atoms with Crippen molar-refractivity contribution in [2.75, 3.05) is 27.4 Å². The van der Waals surface area contributed by atoms with Crippen molar-refractivity contribution in [3.63, 3.8) is 0 Å². The van der Waals surface area contributed by atoms with Gasteiger partial charge in [-0.1, -0.05) is 0 Å². The van der Waals surface area contributed by atoms with E-state index in [2.05, 4.69) is 0 Å². The van der Waals surface area contributed by atoms with Gasteiger partial charge in [0, 0.05) is 0 Å². The predicted octanol–water partition coefficient (Wildman–Crippen LogP) is 0.922. The van der Waals surface area contributed by atoms with E-state index in [1.807, 2.05) is 12.1 Å². The summed E-state index contributed by atoms with van der Waals surface area (Å²) >= 11 is 0.0780. The summed E-state index contributed by atoms with van der Waals surface area (Å²) in [5, 5.41) is 0.558. The fourth-order valence-electron chi connectivity index (χ4n) is 1.55. The molecule has 0 atom stereocenters. The first-order chi connectivity index (χ1) is 8.26. The molecule has 0 saturated carbocycles. The van der Waals surface area contributed by atoms with Gasteiger partial charge in [0.15, 0.2) is 0 Å². The fraction of sp³-hybridized carbons (Fsp3) is 0.500. The van der Waals surface area contributed by atoms with Gasteiger partial charge in [-0.3, -0.25) is 0 Å². The number of nitrogens with two attached hydrogens (primary N) is 1.